The van der Waals surface area contributed by atoms with Gasteiger partial charge in [0, 0.05) is 21.7 Å². The number of rotatable bonds is 6. The molecule has 35 heavy (non-hydrogen) atoms. The zero-order valence-corrected chi connectivity index (χ0v) is 20.5. The van der Waals surface area contributed by atoms with Crippen molar-refractivity contribution in [1.82, 2.24) is 4.98 Å². The maximum atomic E-state index is 13.7. The molecule has 0 fully saturated rings. The summed E-state index contributed by atoms with van der Waals surface area (Å²) in [6.07, 6.45) is 0. The summed E-state index contributed by atoms with van der Waals surface area (Å²) < 4.78 is 0.969. The second-order valence-corrected chi connectivity index (χ2v) is 9.58. The Morgan fingerprint density at radius 2 is 1.40 bits per heavy atom. The molecule has 5 aromatic rings. The van der Waals surface area contributed by atoms with Crippen LogP contribution in [0.3, 0.4) is 0 Å². The number of hydrogen-bond donors (Lipinski definition) is 0. The number of anilines is 1. The van der Waals surface area contributed by atoms with Gasteiger partial charge in [0.2, 0.25) is 0 Å². The van der Waals surface area contributed by atoms with Crippen LogP contribution in [-0.4, -0.2) is 16.7 Å². The van der Waals surface area contributed by atoms with E-state index in [0.717, 1.165) is 21.3 Å². The number of aromatic nitrogens is 1. The average Bonchev–Trinajstić information content (AvgIpc) is 3.35. The first-order valence-electron chi connectivity index (χ1n) is 11.1. The summed E-state index contributed by atoms with van der Waals surface area (Å²) in [6.45, 7) is 2.30. The van der Waals surface area contributed by atoms with Crippen LogP contribution in [0.25, 0.3) is 10.2 Å². The predicted octanol–water partition coefficient (Wildman–Crippen LogP) is 7.34. The van der Waals surface area contributed by atoms with Crippen molar-refractivity contribution >= 4 is 50.0 Å². The fourth-order valence-electron chi connectivity index (χ4n) is 3.87. The van der Waals surface area contributed by atoms with Gasteiger partial charge in [-0.05, 0) is 42.3 Å². The highest BCUT2D eigenvalue weighted by Gasteiger charge is 2.23. The Labute approximate surface area is 212 Å². The molecule has 0 aliphatic heterocycles. The predicted molar refractivity (Wildman–Crippen MR) is 143 cm³/mol. The van der Waals surface area contributed by atoms with Crippen molar-refractivity contribution < 1.29 is 9.59 Å². The lowest BCUT2D eigenvalue weighted by molar-refractivity contribution is 0.0982. The number of aryl methyl sites for hydroxylation is 1. The van der Waals surface area contributed by atoms with Gasteiger partial charge in [0.15, 0.2) is 10.9 Å². The topological polar surface area (TPSA) is 50.3 Å². The lowest BCUT2D eigenvalue weighted by Crippen LogP contribution is -2.30. The number of halogens is 1. The molecule has 4 aromatic carbocycles. The fourth-order valence-corrected chi connectivity index (χ4v) is 5.05. The molecule has 172 valence electrons. The van der Waals surface area contributed by atoms with Crippen molar-refractivity contribution in [2.45, 2.75) is 13.5 Å². The van der Waals surface area contributed by atoms with Gasteiger partial charge in [0.05, 0.1) is 16.8 Å². The number of thiazole rings is 1. The van der Waals surface area contributed by atoms with E-state index >= 15 is 0 Å². The van der Waals surface area contributed by atoms with Crippen molar-refractivity contribution in [1.29, 1.82) is 0 Å². The first-order valence-corrected chi connectivity index (χ1v) is 12.3. The van der Waals surface area contributed by atoms with Gasteiger partial charge in [-0.1, -0.05) is 95.7 Å². The van der Waals surface area contributed by atoms with E-state index < -0.39 is 0 Å². The third-order valence-electron chi connectivity index (χ3n) is 5.83. The number of amides is 1. The van der Waals surface area contributed by atoms with E-state index in [2.05, 4.69) is 0 Å². The Morgan fingerprint density at radius 1 is 0.800 bits per heavy atom. The number of nitrogens with zero attached hydrogens (tertiary/aromatic N) is 2. The number of fused-ring (bicyclic) bond motifs is 1. The molecule has 0 unspecified atom stereocenters. The highest BCUT2D eigenvalue weighted by Crippen LogP contribution is 2.34. The van der Waals surface area contributed by atoms with Crippen LogP contribution in [0.15, 0.2) is 97.1 Å². The number of ketones is 1. The van der Waals surface area contributed by atoms with E-state index in [0.29, 0.717) is 33.4 Å². The van der Waals surface area contributed by atoms with Gasteiger partial charge in [0.25, 0.3) is 5.91 Å². The van der Waals surface area contributed by atoms with Gasteiger partial charge in [-0.25, -0.2) is 4.98 Å². The van der Waals surface area contributed by atoms with E-state index in [1.54, 1.807) is 41.3 Å². The third-order valence-corrected chi connectivity index (χ3v) is 7.28. The Kier molecular flexibility index (Phi) is 6.45. The van der Waals surface area contributed by atoms with Crippen molar-refractivity contribution in [3.8, 4) is 0 Å². The standard InChI is InChI=1S/C29H21ClN2O2S/c1-19-24(30)16-17-25-26(19)31-29(35-25)32(18-20-8-4-2-5-9-20)28(34)23-14-12-22(13-15-23)27(33)21-10-6-3-7-11-21/h2-17H,18H2,1H3. The molecule has 0 aliphatic carbocycles. The van der Waals surface area contributed by atoms with E-state index in [-0.39, 0.29) is 11.7 Å². The summed E-state index contributed by atoms with van der Waals surface area (Å²) in [5, 5.41) is 1.25. The van der Waals surface area contributed by atoms with Crippen LogP contribution < -0.4 is 4.90 Å². The van der Waals surface area contributed by atoms with Crippen LogP contribution in [0.5, 0.6) is 0 Å². The molecule has 0 aliphatic rings. The molecule has 4 nitrogen and oxygen atoms in total. The molecule has 1 aromatic heterocycles. The average molecular weight is 497 g/mol. The molecule has 0 atom stereocenters. The Balaban J connectivity index is 1.50. The van der Waals surface area contributed by atoms with Crippen LogP contribution in [0.2, 0.25) is 5.02 Å². The Morgan fingerprint density at radius 3 is 2.09 bits per heavy atom. The summed E-state index contributed by atoms with van der Waals surface area (Å²) in [7, 11) is 0. The monoisotopic (exact) mass is 496 g/mol. The number of benzene rings is 4. The van der Waals surface area contributed by atoms with Crippen LogP contribution in [0, 0.1) is 6.92 Å². The molecule has 0 saturated carbocycles. The van der Waals surface area contributed by atoms with Crippen LogP contribution in [-0.2, 0) is 6.54 Å². The molecule has 1 heterocycles. The zero-order valence-electron chi connectivity index (χ0n) is 18.9. The highest BCUT2D eigenvalue weighted by molar-refractivity contribution is 7.22. The minimum absolute atomic E-state index is 0.0794. The maximum Gasteiger partial charge on any atom is 0.260 e. The second-order valence-electron chi connectivity index (χ2n) is 8.16. The number of carbonyl (C=O) groups is 2. The van der Waals surface area contributed by atoms with E-state index in [1.807, 2.05) is 67.6 Å². The van der Waals surface area contributed by atoms with Crippen LogP contribution in [0.1, 0.15) is 37.4 Å². The zero-order chi connectivity index (χ0) is 24.4. The lowest BCUT2D eigenvalue weighted by Gasteiger charge is -2.20. The van der Waals surface area contributed by atoms with E-state index in [9.17, 15) is 9.59 Å². The first kappa shape index (κ1) is 23.0. The van der Waals surface area contributed by atoms with Crippen molar-refractivity contribution in [2.24, 2.45) is 0 Å². The fraction of sp³-hybridized carbons (Fsp3) is 0.0690. The summed E-state index contributed by atoms with van der Waals surface area (Å²) in [4.78, 5) is 32.9. The quantitative estimate of drug-likeness (QED) is 0.231. The maximum absolute atomic E-state index is 13.7. The molecule has 1 amide bonds. The summed E-state index contributed by atoms with van der Waals surface area (Å²) in [5.74, 6) is -0.264. The minimum Gasteiger partial charge on any atom is -0.289 e. The second kappa shape index (κ2) is 9.82. The van der Waals surface area contributed by atoms with Crippen LogP contribution >= 0.6 is 22.9 Å². The molecule has 6 heteroatoms. The number of hydrogen-bond acceptors (Lipinski definition) is 4. The first-order chi connectivity index (χ1) is 17.0. The molecule has 0 spiro atoms. The molecule has 0 radical (unpaired) electrons. The number of carbonyl (C=O) groups excluding carboxylic acids is 2. The molecular formula is C29H21ClN2O2S. The molecule has 5 rings (SSSR count). The van der Waals surface area contributed by atoms with E-state index in [1.165, 1.54) is 11.3 Å². The Bertz CT molecular complexity index is 1510. The SMILES string of the molecule is Cc1c(Cl)ccc2sc(N(Cc3ccccc3)C(=O)c3ccc(C(=O)c4ccccc4)cc3)nc12. The molecule has 0 bridgehead atoms. The summed E-state index contributed by atoms with van der Waals surface area (Å²) in [5.41, 5.74) is 4.31. The van der Waals surface area contributed by atoms with Gasteiger partial charge in [-0.2, -0.15) is 0 Å². The van der Waals surface area contributed by atoms with Crippen molar-refractivity contribution in [3.05, 3.63) is 130 Å². The van der Waals surface area contributed by atoms with E-state index in [4.69, 9.17) is 16.6 Å². The third kappa shape index (κ3) is 4.74. The van der Waals surface area contributed by atoms with Gasteiger partial charge >= 0.3 is 0 Å². The Hall–Kier alpha value is -3.80. The highest BCUT2D eigenvalue weighted by atomic mass is 35.5. The molecule has 0 N–H and O–H groups in total. The van der Waals surface area contributed by atoms with Gasteiger partial charge in [-0.3, -0.25) is 14.5 Å². The summed E-state index contributed by atoms with van der Waals surface area (Å²) >= 11 is 7.76. The minimum atomic E-state index is -0.185. The van der Waals surface area contributed by atoms with Gasteiger partial charge < -0.3 is 0 Å². The normalized spacial score (nSPS) is 10.9. The molecular weight excluding hydrogens is 476 g/mol. The van der Waals surface area contributed by atoms with Gasteiger partial charge in [0.1, 0.15) is 0 Å². The summed E-state index contributed by atoms with van der Waals surface area (Å²) in [6, 6.07) is 29.5. The molecule has 0 saturated heterocycles. The van der Waals surface area contributed by atoms with Gasteiger partial charge in [-0.15, -0.1) is 0 Å². The largest absolute Gasteiger partial charge is 0.289 e. The lowest BCUT2D eigenvalue weighted by atomic mass is 10.0. The smallest absolute Gasteiger partial charge is 0.260 e. The van der Waals surface area contributed by atoms with Crippen molar-refractivity contribution in [2.75, 3.05) is 4.90 Å². The van der Waals surface area contributed by atoms with Crippen molar-refractivity contribution in [3.63, 3.8) is 0 Å². The van der Waals surface area contributed by atoms with Crippen LogP contribution in [0.4, 0.5) is 5.13 Å².